The highest BCUT2D eigenvalue weighted by atomic mass is 14.9. The van der Waals surface area contributed by atoms with Crippen molar-refractivity contribution in [1.29, 1.82) is 0 Å². The van der Waals surface area contributed by atoms with E-state index in [-0.39, 0.29) is 0 Å². The molecule has 2 atom stereocenters. The molecule has 1 nitrogen and oxygen atoms in total. The number of hydrogen-bond donors (Lipinski definition) is 1. The number of nitrogens with one attached hydrogen (secondary N) is 1. The molecule has 0 aromatic rings. The van der Waals surface area contributed by atoms with Gasteiger partial charge < -0.3 is 5.32 Å². The molecule has 194 valence electrons. The van der Waals surface area contributed by atoms with E-state index in [4.69, 9.17) is 0 Å². The molecule has 1 N–H and O–H groups in total. The maximum atomic E-state index is 4.03. The third-order valence-electron chi connectivity index (χ3n) is 8.21. The Hall–Kier alpha value is -1.76. The molecule has 0 bridgehead atoms. The van der Waals surface area contributed by atoms with Crippen LogP contribution in [-0.4, -0.2) is 6.54 Å². The highest BCUT2D eigenvalue weighted by molar-refractivity contribution is 5.43. The van der Waals surface area contributed by atoms with E-state index in [9.17, 15) is 0 Å². The van der Waals surface area contributed by atoms with E-state index in [1.807, 2.05) is 0 Å². The second-order valence-corrected chi connectivity index (χ2v) is 11.3. The van der Waals surface area contributed by atoms with E-state index in [2.05, 4.69) is 66.9 Å². The van der Waals surface area contributed by atoms with E-state index < -0.39 is 0 Å². The number of rotatable bonds is 1. The molecule has 2 unspecified atom stereocenters. The van der Waals surface area contributed by atoms with Crippen LogP contribution in [0.25, 0.3) is 0 Å². The van der Waals surface area contributed by atoms with Gasteiger partial charge in [0.15, 0.2) is 0 Å². The van der Waals surface area contributed by atoms with Gasteiger partial charge in [0.2, 0.25) is 0 Å². The Balaban J connectivity index is 1.96. The maximum absolute atomic E-state index is 4.03. The summed E-state index contributed by atoms with van der Waals surface area (Å²) in [5, 5.41) is 4.03. The molecule has 1 saturated heterocycles. The predicted octanol–water partition coefficient (Wildman–Crippen LogP) is 10.3. The summed E-state index contributed by atoms with van der Waals surface area (Å²) in [6, 6.07) is 0. The summed E-state index contributed by atoms with van der Waals surface area (Å²) in [6.45, 7) is 3.58. The van der Waals surface area contributed by atoms with Crippen molar-refractivity contribution in [3.8, 4) is 0 Å². The first-order valence-corrected chi connectivity index (χ1v) is 15.2. The molecule has 1 heteroatoms. The van der Waals surface area contributed by atoms with Gasteiger partial charge in [0, 0.05) is 12.2 Å². The van der Waals surface area contributed by atoms with Gasteiger partial charge >= 0.3 is 0 Å². The standard InChI is InChI=1S/C34H53N/c1-30-22-14-13-17-24-31(25-20-19-23-30)33-28-18-11-7-4-6-10-16-27-32-26-15-9-5-2-3-8-12-21-29-35-34(32)33/h4,6-7,10-11,16,18,27-28,30-31,35H,2-3,5,8-9,12-15,17,19-26,29H2,1H3/b6-4-,7-4?,10-6?,11-7-,16-10-,18-11?,27-16?,28-18-,32-27-,33-28?,34-32?,34-33-. The zero-order chi connectivity index (χ0) is 24.4. The Bertz CT molecular complexity index is 759. The zero-order valence-electron chi connectivity index (χ0n) is 22.8. The molecule has 0 aromatic heterocycles. The zero-order valence-corrected chi connectivity index (χ0v) is 22.8. The summed E-state index contributed by atoms with van der Waals surface area (Å²) < 4.78 is 0. The van der Waals surface area contributed by atoms with Gasteiger partial charge in [0.1, 0.15) is 0 Å². The van der Waals surface area contributed by atoms with E-state index in [1.54, 1.807) is 5.57 Å². The molecule has 3 rings (SSSR count). The van der Waals surface area contributed by atoms with Crippen molar-refractivity contribution < 1.29 is 0 Å². The van der Waals surface area contributed by atoms with Crippen LogP contribution in [0, 0.1) is 11.8 Å². The van der Waals surface area contributed by atoms with Gasteiger partial charge in [-0.15, -0.1) is 0 Å². The normalized spacial score (nSPS) is 34.1. The molecule has 2 aliphatic carbocycles. The third-order valence-corrected chi connectivity index (χ3v) is 8.21. The first-order chi connectivity index (χ1) is 17.3. The fourth-order valence-corrected chi connectivity index (χ4v) is 6.03. The van der Waals surface area contributed by atoms with Crippen molar-refractivity contribution >= 4 is 0 Å². The highest BCUT2D eigenvalue weighted by Crippen LogP contribution is 2.33. The largest absolute Gasteiger partial charge is 0.385 e. The summed E-state index contributed by atoms with van der Waals surface area (Å²) >= 11 is 0. The van der Waals surface area contributed by atoms with Crippen LogP contribution in [0.1, 0.15) is 122 Å². The van der Waals surface area contributed by atoms with Crippen LogP contribution < -0.4 is 5.32 Å². The molecule has 3 aliphatic rings. The first-order valence-electron chi connectivity index (χ1n) is 15.2. The van der Waals surface area contributed by atoms with E-state index in [1.165, 1.54) is 127 Å². The molecule has 0 spiro atoms. The molecule has 1 aliphatic heterocycles. The van der Waals surface area contributed by atoms with Crippen LogP contribution in [0.15, 0.2) is 71.5 Å². The van der Waals surface area contributed by atoms with Crippen molar-refractivity contribution in [2.24, 2.45) is 11.8 Å². The van der Waals surface area contributed by atoms with E-state index >= 15 is 0 Å². The van der Waals surface area contributed by atoms with Crippen LogP contribution in [0.5, 0.6) is 0 Å². The average Bonchev–Trinajstić information content (AvgIpc) is 2.88. The van der Waals surface area contributed by atoms with Crippen LogP contribution in [0.4, 0.5) is 0 Å². The van der Waals surface area contributed by atoms with Crippen LogP contribution >= 0.6 is 0 Å². The Morgan fingerprint density at radius 1 is 0.571 bits per heavy atom. The smallest absolute Gasteiger partial charge is 0.0408 e. The van der Waals surface area contributed by atoms with Crippen molar-refractivity contribution in [2.45, 2.75) is 122 Å². The third kappa shape index (κ3) is 11.2. The number of allylic oxidation sites excluding steroid dienone is 11. The minimum Gasteiger partial charge on any atom is -0.385 e. The average molecular weight is 476 g/mol. The number of fused-ring (bicyclic) bond motifs is 1. The minimum absolute atomic E-state index is 0.664. The Morgan fingerprint density at radius 2 is 1.11 bits per heavy atom. The van der Waals surface area contributed by atoms with Gasteiger partial charge in [0.05, 0.1) is 0 Å². The first kappa shape index (κ1) is 27.8. The summed E-state index contributed by atoms with van der Waals surface area (Å²) in [6.07, 6.45) is 44.9. The summed E-state index contributed by atoms with van der Waals surface area (Å²) in [5.41, 5.74) is 4.58. The number of hydrogen-bond acceptors (Lipinski definition) is 1. The molecule has 2 fully saturated rings. The predicted molar refractivity (Wildman–Crippen MR) is 155 cm³/mol. The van der Waals surface area contributed by atoms with Gasteiger partial charge in [-0.1, -0.05) is 145 Å². The monoisotopic (exact) mass is 475 g/mol. The second-order valence-electron chi connectivity index (χ2n) is 11.3. The van der Waals surface area contributed by atoms with Gasteiger partial charge in [0.25, 0.3) is 0 Å². The Kier molecular flexibility index (Phi) is 14.0. The molecule has 1 saturated carbocycles. The SMILES string of the molecule is CC1CCCCCC(C2=C3\NCCCCCCCCCC\C3=C\C=C/C=C\C=C/C=C\2)CCCC1. The lowest BCUT2D eigenvalue weighted by Gasteiger charge is -2.25. The summed E-state index contributed by atoms with van der Waals surface area (Å²) in [5.74, 6) is 1.57. The molecule has 35 heavy (non-hydrogen) atoms. The lowest BCUT2D eigenvalue weighted by molar-refractivity contribution is 0.443. The molecule has 0 amide bonds. The lowest BCUT2D eigenvalue weighted by atomic mass is 9.84. The molecule has 0 aromatic carbocycles. The summed E-state index contributed by atoms with van der Waals surface area (Å²) in [4.78, 5) is 0. The van der Waals surface area contributed by atoms with Crippen LogP contribution in [0.2, 0.25) is 0 Å². The van der Waals surface area contributed by atoms with E-state index in [0.29, 0.717) is 5.92 Å². The quantitative estimate of drug-likeness (QED) is 0.397. The van der Waals surface area contributed by atoms with E-state index in [0.717, 1.165) is 12.5 Å². The van der Waals surface area contributed by atoms with Gasteiger partial charge in [-0.05, 0) is 55.1 Å². The van der Waals surface area contributed by atoms with Crippen LogP contribution in [0.3, 0.4) is 0 Å². The fraction of sp³-hybridized carbons (Fsp3) is 0.647. The Labute approximate surface area is 217 Å². The molecule has 0 radical (unpaired) electrons. The molecular formula is C34H53N. The Morgan fingerprint density at radius 3 is 1.89 bits per heavy atom. The molecule has 1 heterocycles. The van der Waals surface area contributed by atoms with Crippen LogP contribution in [-0.2, 0) is 0 Å². The fourth-order valence-electron chi connectivity index (χ4n) is 6.03. The minimum atomic E-state index is 0.664. The van der Waals surface area contributed by atoms with Crippen molar-refractivity contribution in [1.82, 2.24) is 5.32 Å². The van der Waals surface area contributed by atoms with Gasteiger partial charge in [-0.25, -0.2) is 0 Å². The lowest BCUT2D eigenvalue weighted by Crippen LogP contribution is -2.21. The van der Waals surface area contributed by atoms with Gasteiger partial charge in [-0.2, -0.15) is 0 Å². The maximum Gasteiger partial charge on any atom is 0.0408 e. The van der Waals surface area contributed by atoms with Gasteiger partial charge in [-0.3, -0.25) is 0 Å². The van der Waals surface area contributed by atoms with Crippen molar-refractivity contribution in [2.75, 3.05) is 6.54 Å². The second kappa shape index (κ2) is 17.6. The highest BCUT2D eigenvalue weighted by Gasteiger charge is 2.20. The summed E-state index contributed by atoms with van der Waals surface area (Å²) in [7, 11) is 0. The van der Waals surface area contributed by atoms with Crippen molar-refractivity contribution in [3.05, 3.63) is 71.5 Å². The topological polar surface area (TPSA) is 12.0 Å². The molecular weight excluding hydrogens is 422 g/mol. The van der Waals surface area contributed by atoms with Crippen molar-refractivity contribution in [3.63, 3.8) is 0 Å².